The highest BCUT2D eigenvalue weighted by Gasteiger charge is 2.14. The zero-order valence-corrected chi connectivity index (χ0v) is 17.3. The van der Waals surface area contributed by atoms with E-state index in [0.717, 1.165) is 39.5 Å². The van der Waals surface area contributed by atoms with E-state index in [1.165, 1.54) is 12.1 Å². The molecular formula is C25H20F2N4O. The molecule has 32 heavy (non-hydrogen) atoms. The summed E-state index contributed by atoms with van der Waals surface area (Å²) in [6.45, 7) is 1.88. The molecule has 5 aromatic rings. The van der Waals surface area contributed by atoms with Gasteiger partial charge in [-0.25, -0.2) is 9.07 Å². The lowest BCUT2D eigenvalue weighted by Gasteiger charge is -2.12. The van der Waals surface area contributed by atoms with E-state index in [2.05, 4.69) is 22.2 Å². The monoisotopic (exact) mass is 430 g/mol. The number of nitrogen functional groups attached to an aromatic ring is 1. The number of H-pyrrole nitrogens is 1. The lowest BCUT2D eigenvalue weighted by molar-refractivity contribution is 0.416. The first-order chi connectivity index (χ1) is 15.5. The zero-order chi connectivity index (χ0) is 22.2. The van der Waals surface area contributed by atoms with Gasteiger partial charge in [-0.05, 0) is 60.3 Å². The van der Waals surface area contributed by atoms with Gasteiger partial charge in [-0.15, -0.1) is 0 Å². The quantitative estimate of drug-likeness (QED) is 0.364. The van der Waals surface area contributed by atoms with Crippen molar-refractivity contribution in [2.24, 2.45) is 0 Å². The zero-order valence-electron chi connectivity index (χ0n) is 17.3. The van der Waals surface area contributed by atoms with Crippen LogP contribution in [-0.4, -0.2) is 14.8 Å². The number of halogens is 2. The van der Waals surface area contributed by atoms with E-state index in [0.29, 0.717) is 18.0 Å². The highest BCUT2D eigenvalue weighted by molar-refractivity contribution is 5.80. The molecule has 5 nitrogen and oxygen atoms in total. The van der Waals surface area contributed by atoms with Crippen LogP contribution in [0.4, 0.5) is 14.6 Å². The molecule has 160 valence electrons. The average molecular weight is 430 g/mol. The molecule has 0 aliphatic heterocycles. The first-order valence-electron chi connectivity index (χ1n) is 10.1. The van der Waals surface area contributed by atoms with Crippen LogP contribution in [0.15, 0.2) is 72.9 Å². The van der Waals surface area contributed by atoms with Crippen LogP contribution in [-0.2, 0) is 6.42 Å². The Hall–Kier alpha value is -4.13. The Morgan fingerprint density at radius 3 is 2.69 bits per heavy atom. The number of benzene rings is 3. The summed E-state index contributed by atoms with van der Waals surface area (Å²) in [5.41, 5.74) is 11.0. The van der Waals surface area contributed by atoms with E-state index < -0.39 is 11.6 Å². The maximum absolute atomic E-state index is 13.9. The number of hydrogen-bond acceptors (Lipinski definition) is 3. The van der Waals surface area contributed by atoms with Crippen molar-refractivity contribution in [2.75, 3.05) is 5.73 Å². The summed E-state index contributed by atoms with van der Waals surface area (Å²) in [5, 5.41) is 5.61. The fraction of sp³-hybridized carbons (Fsp3) is 0.0800. The Kier molecular flexibility index (Phi) is 4.86. The summed E-state index contributed by atoms with van der Waals surface area (Å²) >= 11 is 0. The third-order valence-electron chi connectivity index (χ3n) is 5.39. The molecule has 3 aromatic carbocycles. The van der Waals surface area contributed by atoms with Crippen molar-refractivity contribution in [3.8, 4) is 17.2 Å². The number of aromatic amines is 1. The van der Waals surface area contributed by atoms with Gasteiger partial charge in [0.15, 0.2) is 11.6 Å². The highest BCUT2D eigenvalue weighted by atomic mass is 19.2. The molecule has 0 bridgehead atoms. The number of aryl methyl sites for hydroxylation is 1. The maximum Gasteiger partial charge on any atom is 0.201 e. The Morgan fingerprint density at radius 2 is 1.88 bits per heavy atom. The molecule has 3 N–H and O–H groups in total. The number of nitrogens with one attached hydrogen (secondary N) is 1. The predicted molar refractivity (Wildman–Crippen MR) is 120 cm³/mol. The molecule has 0 fully saturated rings. The molecule has 0 spiro atoms. The van der Waals surface area contributed by atoms with Crippen molar-refractivity contribution in [2.45, 2.75) is 13.3 Å². The van der Waals surface area contributed by atoms with Gasteiger partial charge in [-0.1, -0.05) is 24.3 Å². The lowest BCUT2D eigenvalue weighted by atomic mass is 10.1. The second-order valence-corrected chi connectivity index (χ2v) is 7.63. The lowest BCUT2D eigenvalue weighted by Crippen LogP contribution is -2.05. The Morgan fingerprint density at radius 1 is 1.03 bits per heavy atom. The van der Waals surface area contributed by atoms with Gasteiger partial charge < -0.3 is 15.5 Å². The Balaban J connectivity index is 1.40. The summed E-state index contributed by atoms with van der Waals surface area (Å²) in [5.74, 6) is -1.22. The number of fused-ring (bicyclic) bond motifs is 1. The van der Waals surface area contributed by atoms with Crippen molar-refractivity contribution in [1.29, 1.82) is 0 Å². The normalized spacial score (nSPS) is 11.2. The third-order valence-corrected chi connectivity index (χ3v) is 5.39. The molecule has 2 aromatic heterocycles. The van der Waals surface area contributed by atoms with Crippen LogP contribution in [0.5, 0.6) is 11.5 Å². The number of nitrogens with zero attached hydrogens (tertiary/aromatic N) is 2. The van der Waals surface area contributed by atoms with Crippen LogP contribution in [0.1, 0.15) is 16.8 Å². The van der Waals surface area contributed by atoms with Crippen LogP contribution < -0.4 is 10.5 Å². The molecule has 0 aliphatic rings. The minimum atomic E-state index is -1.02. The van der Waals surface area contributed by atoms with Gasteiger partial charge in [0.1, 0.15) is 11.6 Å². The molecule has 5 rings (SSSR count). The second kappa shape index (κ2) is 7.85. The van der Waals surface area contributed by atoms with Crippen LogP contribution in [0.25, 0.3) is 16.6 Å². The largest absolute Gasteiger partial charge is 0.454 e. The van der Waals surface area contributed by atoms with Crippen molar-refractivity contribution >= 4 is 16.7 Å². The number of nitrogens with two attached hydrogens (primary N) is 1. The fourth-order valence-corrected chi connectivity index (χ4v) is 3.77. The molecule has 0 saturated carbocycles. The topological polar surface area (TPSA) is 68.9 Å². The van der Waals surface area contributed by atoms with Crippen LogP contribution >= 0.6 is 0 Å². The molecule has 0 atom stereocenters. The summed E-state index contributed by atoms with van der Waals surface area (Å²) in [6, 6.07) is 19.2. The average Bonchev–Trinajstić information content (AvgIpc) is 3.35. The van der Waals surface area contributed by atoms with Gasteiger partial charge in [0, 0.05) is 23.2 Å². The number of rotatable bonds is 5. The minimum absolute atomic E-state index is 0.170. The van der Waals surface area contributed by atoms with Gasteiger partial charge in [-0.2, -0.15) is 9.49 Å². The fourth-order valence-electron chi connectivity index (χ4n) is 3.77. The van der Waals surface area contributed by atoms with E-state index in [1.54, 1.807) is 29.1 Å². The van der Waals surface area contributed by atoms with Gasteiger partial charge in [0.25, 0.3) is 0 Å². The maximum atomic E-state index is 13.9. The number of para-hydroxylation sites is 1. The SMILES string of the molecule is Cc1cc(Oc2cccc(F)c2F)ccc1-n1ncc(Cc2cc3ccccc3[nH]2)c1N. The molecule has 0 saturated heterocycles. The predicted octanol–water partition coefficient (Wildman–Crippen LogP) is 5.91. The van der Waals surface area contributed by atoms with Crippen LogP contribution in [0.2, 0.25) is 0 Å². The summed E-state index contributed by atoms with van der Waals surface area (Å²) in [6.07, 6.45) is 2.38. The molecule has 0 unspecified atom stereocenters. The standard InChI is InChI=1S/C25H20F2N4O/c1-15-11-19(32-23-8-4-6-20(26)24(23)27)9-10-22(15)31-25(28)17(14-29-31)13-18-12-16-5-2-3-7-21(16)30-18/h2-12,14,30H,13,28H2,1H3. The molecule has 0 radical (unpaired) electrons. The van der Waals surface area contributed by atoms with E-state index in [1.807, 2.05) is 25.1 Å². The van der Waals surface area contributed by atoms with Gasteiger partial charge in [0.05, 0.1) is 11.9 Å². The van der Waals surface area contributed by atoms with Crippen LogP contribution in [0.3, 0.4) is 0 Å². The first kappa shape index (κ1) is 19.8. The smallest absolute Gasteiger partial charge is 0.201 e. The Bertz CT molecular complexity index is 1400. The third kappa shape index (κ3) is 3.58. The number of aromatic nitrogens is 3. The van der Waals surface area contributed by atoms with Crippen molar-refractivity contribution < 1.29 is 13.5 Å². The van der Waals surface area contributed by atoms with Gasteiger partial charge in [-0.3, -0.25) is 0 Å². The van der Waals surface area contributed by atoms with Crippen molar-refractivity contribution in [3.05, 3.63) is 101 Å². The van der Waals surface area contributed by atoms with E-state index in [-0.39, 0.29) is 5.75 Å². The first-order valence-corrected chi connectivity index (χ1v) is 10.1. The van der Waals surface area contributed by atoms with Gasteiger partial charge >= 0.3 is 0 Å². The molecular weight excluding hydrogens is 410 g/mol. The molecule has 0 aliphatic carbocycles. The summed E-state index contributed by atoms with van der Waals surface area (Å²) in [7, 11) is 0. The molecule has 0 amide bonds. The van der Waals surface area contributed by atoms with E-state index in [4.69, 9.17) is 10.5 Å². The van der Waals surface area contributed by atoms with Crippen molar-refractivity contribution in [1.82, 2.24) is 14.8 Å². The summed E-state index contributed by atoms with van der Waals surface area (Å²) < 4.78 is 34.5. The highest BCUT2D eigenvalue weighted by Crippen LogP contribution is 2.30. The van der Waals surface area contributed by atoms with Gasteiger partial charge in [0.2, 0.25) is 5.82 Å². The van der Waals surface area contributed by atoms with Crippen molar-refractivity contribution in [3.63, 3.8) is 0 Å². The van der Waals surface area contributed by atoms with E-state index >= 15 is 0 Å². The minimum Gasteiger partial charge on any atom is -0.454 e. The van der Waals surface area contributed by atoms with Crippen LogP contribution in [0, 0.1) is 18.6 Å². The number of ether oxygens (including phenoxy) is 1. The second-order valence-electron chi connectivity index (χ2n) is 7.63. The Labute approximate surface area is 183 Å². The summed E-state index contributed by atoms with van der Waals surface area (Å²) in [4.78, 5) is 3.40. The number of hydrogen-bond donors (Lipinski definition) is 2. The molecule has 2 heterocycles. The molecule has 7 heteroatoms. The van der Waals surface area contributed by atoms with E-state index in [9.17, 15) is 8.78 Å². The number of anilines is 1.